The zero-order valence-electron chi connectivity index (χ0n) is 10.4. The van der Waals surface area contributed by atoms with Gasteiger partial charge in [-0.05, 0) is 34.1 Å². The molecule has 0 aliphatic heterocycles. The molecule has 0 unspecified atom stereocenters. The molecule has 1 rings (SSSR count). The van der Waals surface area contributed by atoms with Gasteiger partial charge in [-0.25, -0.2) is 0 Å². The van der Waals surface area contributed by atoms with Crippen LogP contribution in [0.2, 0.25) is 0 Å². The van der Waals surface area contributed by atoms with Gasteiger partial charge in [0, 0.05) is 24.7 Å². The molecule has 0 aromatic heterocycles. The van der Waals surface area contributed by atoms with Gasteiger partial charge < -0.3 is 14.7 Å². The Labute approximate surface area is 118 Å². The summed E-state index contributed by atoms with van der Waals surface area (Å²) < 4.78 is 42.9. The van der Waals surface area contributed by atoms with Gasteiger partial charge in [-0.2, -0.15) is 13.2 Å². The highest BCUT2D eigenvalue weighted by Crippen LogP contribution is 2.35. The highest BCUT2D eigenvalue weighted by molar-refractivity contribution is 9.10. The maximum Gasteiger partial charge on any atom is 0.416 e. The first-order valence-corrected chi connectivity index (χ1v) is 6.41. The first kappa shape index (κ1) is 16.3. The third-order valence-corrected chi connectivity index (χ3v) is 3.19. The van der Waals surface area contributed by atoms with Crippen molar-refractivity contribution in [3.05, 3.63) is 28.2 Å². The molecular weight excluding hydrogens is 327 g/mol. The lowest BCUT2D eigenvalue weighted by Gasteiger charge is -2.25. The van der Waals surface area contributed by atoms with Crippen LogP contribution < -0.4 is 4.90 Å². The second-order valence-electron chi connectivity index (χ2n) is 3.87. The maximum atomic E-state index is 12.6. The van der Waals surface area contributed by atoms with Gasteiger partial charge >= 0.3 is 6.18 Å². The lowest BCUT2D eigenvalue weighted by Crippen LogP contribution is -2.30. The number of nitrogens with zero attached hydrogens (tertiary/aromatic N) is 1. The molecule has 3 nitrogen and oxygen atoms in total. The van der Waals surface area contributed by atoms with Gasteiger partial charge in [0.2, 0.25) is 0 Å². The van der Waals surface area contributed by atoms with Gasteiger partial charge in [-0.3, -0.25) is 0 Å². The number of anilines is 1. The Morgan fingerprint density at radius 1 is 1.32 bits per heavy atom. The van der Waals surface area contributed by atoms with E-state index in [0.717, 1.165) is 12.1 Å². The van der Waals surface area contributed by atoms with E-state index in [4.69, 9.17) is 9.84 Å². The summed E-state index contributed by atoms with van der Waals surface area (Å²) in [5, 5.41) is 8.99. The van der Waals surface area contributed by atoms with Crippen molar-refractivity contribution in [2.75, 3.05) is 38.3 Å². The molecule has 0 fully saturated rings. The second kappa shape index (κ2) is 7.12. The number of methoxy groups -OCH3 is 1. The van der Waals surface area contributed by atoms with Crippen molar-refractivity contribution in [3.63, 3.8) is 0 Å². The molecule has 1 aromatic rings. The molecule has 108 valence electrons. The van der Waals surface area contributed by atoms with Crippen molar-refractivity contribution in [3.8, 4) is 0 Å². The molecule has 0 spiro atoms. The number of aliphatic hydroxyl groups excluding tert-OH is 1. The van der Waals surface area contributed by atoms with Crippen molar-refractivity contribution in [1.29, 1.82) is 0 Å². The van der Waals surface area contributed by atoms with Gasteiger partial charge in [-0.15, -0.1) is 0 Å². The Hall–Kier alpha value is -0.790. The maximum absolute atomic E-state index is 12.6. The molecule has 7 heteroatoms. The van der Waals surface area contributed by atoms with Crippen LogP contribution >= 0.6 is 15.9 Å². The van der Waals surface area contributed by atoms with Crippen molar-refractivity contribution >= 4 is 21.6 Å². The number of aliphatic hydroxyl groups is 1. The van der Waals surface area contributed by atoms with E-state index in [-0.39, 0.29) is 6.61 Å². The van der Waals surface area contributed by atoms with Crippen LogP contribution in [-0.2, 0) is 10.9 Å². The van der Waals surface area contributed by atoms with Crippen LogP contribution in [0.25, 0.3) is 0 Å². The summed E-state index contributed by atoms with van der Waals surface area (Å²) in [6.45, 7) is 1.15. The summed E-state index contributed by atoms with van der Waals surface area (Å²) in [5.41, 5.74) is -0.113. The van der Waals surface area contributed by atoms with Crippen LogP contribution in [0.15, 0.2) is 22.7 Å². The van der Waals surface area contributed by atoms with Crippen LogP contribution in [0, 0.1) is 0 Å². The first-order valence-electron chi connectivity index (χ1n) is 5.61. The Balaban J connectivity index is 2.97. The SMILES string of the molecule is COCCN(CCO)c1ccc(C(F)(F)F)cc1Br. The van der Waals surface area contributed by atoms with Crippen LogP contribution in [0.1, 0.15) is 5.56 Å². The minimum absolute atomic E-state index is 0.0861. The predicted molar refractivity (Wildman–Crippen MR) is 70.3 cm³/mol. The average molecular weight is 342 g/mol. The Morgan fingerprint density at radius 3 is 2.47 bits per heavy atom. The molecule has 0 saturated heterocycles. The monoisotopic (exact) mass is 341 g/mol. The van der Waals surface area contributed by atoms with Crippen LogP contribution in [-0.4, -0.2) is 38.5 Å². The third kappa shape index (κ3) is 4.67. The summed E-state index contributed by atoms with van der Waals surface area (Å²) in [7, 11) is 1.54. The first-order chi connectivity index (χ1) is 8.90. The third-order valence-electron chi connectivity index (χ3n) is 2.55. The Bertz CT molecular complexity index is 412. The molecule has 19 heavy (non-hydrogen) atoms. The molecule has 0 amide bonds. The van der Waals surface area contributed by atoms with Gasteiger partial charge in [-0.1, -0.05) is 0 Å². The van der Waals surface area contributed by atoms with E-state index >= 15 is 0 Å². The summed E-state index contributed by atoms with van der Waals surface area (Å²) in [4.78, 5) is 1.76. The van der Waals surface area contributed by atoms with Crippen molar-refractivity contribution < 1.29 is 23.0 Å². The fourth-order valence-corrected chi connectivity index (χ4v) is 2.24. The number of alkyl halides is 3. The molecule has 0 aliphatic carbocycles. The molecule has 0 saturated carbocycles. The van der Waals surface area contributed by atoms with E-state index in [1.807, 2.05) is 0 Å². The van der Waals surface area contributed by atoms with E-state index in [1.165, 1.54) is 6.07 Å². The summed E-state index contributed by atoms with van der Waals surface area (Å²) in [6.07, 6.45) is -4.37. The fraction of sp³-hybridized carbons (Fsp3) is 0.500. The molecular formula is C12H15BrF3NO2. The summed E-state index contributed by atoms with van der Waals surface area (Å²) in [6, 6.07) is 3.45. The molecule has 0 atom stereocenters. The largest absolute Gasteiger partial charge is 0.416 e. The standard InChI is InChI=1S/C12H15BrF3NO2/c1-19-7-5-17(4-6-18)11-3-2-9(8-10(11)13)12(14,15)16/h2-3,8,18H,4-7H2,1H3. The molecule has 0 bridgehead atoms. The van der Waals surface area contributed by atoms with Crippen LogP contribution in [0.3, 0.4) is 0 Å². The van der Waals surface area contributed by atoms with Crippen LogP contribution in [0.4, 0.5) is 18.9 Å². The highest BCUT2D eigenvalue weighted by Gasteiger charge is 2.31. The fourth-order valence-electron chi connectivity index (χ4n) is 1.61. The van der Waals surface area contributed by atoms with E-state index < -0.39 is 11.7 Å². The predicted octanol–water partition coefficient (Wildman–Crippen LogP) is 2.91. The molecule has 1 aromatic carbocycles. The highest BCUT2D eigenvalue weighted by atomic mass is 79.9. The topological polar surface area (TPSA) is 32.7 Å². The lowest BCUT2D eigenvalue weighted by atomic mass is 10.2. The molecule has 0 radical (unpaired) electrons. The Kier molecular flexibility index (Phi) is 6.09. The summed E-state index contributed by atoms with van der Waals surface area (Å²) >= 11 is 3.14. The second-order valence-corrected chi connectivity index (χ2v) is 4.72. The van der Waals surface area contributed by atoms with E-state index in [0.29, 0.717) is 29.9 Å². The van der Waals surface area contributed by atoms with Gasteiger partial charge in [0.1, 0.15) is 0 Å². The smallest absolute Gasteiger partial charge is 0.395 e. The number of halogens is 4. The Morgan fingerprint density at radius 2 is 2.00 bits per heavy atom. The minimum Gasteiger partial charge on any atom is -0.395 e. The molecule has 0 heterocycles. The zero-order chi connectivity index (χ0) is 14.5. The normalized spacial score (nSPS) is 11.7. The molecule has 0 aliphatic rings. The van der Waals surface area contributed by atoms with E-state index in [2.05, 4.69) is 15.9 Å². The average Bonchev–Trinajstić information content (AvgIpc) is 2.33. The lowest BCUT2D eigenvalue weighted by molar-refractivity contribution is -0.137. The van der Waals surface area contributed by atoms with Gasteiger partial charge in [0.25, 0.3) is 0 Å². The quantitative estimate of drug-likeness (QED) is 0.863. The van der Waals surface area contributed by atoms with Crippen molar-refractivity contribution in [2.45, 2.75) is 6.18 Å². The van der Waals surface area contributed by atoms with E-state index in [1.54, 1.807) is 12.0 Å². The van der Waals surface area contributed by atoms with Gasteiger partial charge in [0.05, 0.1) is 24.5 Å². The number of benzene rings is 1. The molecule has 1 N–H and O–H groups in total. The number of hydrogen-bond donors (Lipinski definition) is 1. The van der Waals surface area contributed by atoms with E-state index in [9.17, 15) is 13.2 Å². The van der Waals surface area contributed by atoms with Crippen molar-refractivity contribution in [2.24, 2.45) is 0 Å². The number of rotatable bonds is 6. The zero-order valence-corrected chi connectivity index (χ0v) is 12.0. The summed E-state index contributed by atoms with van der Waals surface area (Å²) in [5.74, 6) is 0. The van der Waals surface area contributed by atoms with Crippen molar-refractivity contribution in [1.82, 2.24) is 0 Å². The number of ether oxygens (including phenoxy) is 1. The van der Waals surface area contributed by atoms with Crippen LogP contribution in [0.5, 0.6) is 0 Å². The van der Waals surface area contributed by atoms with Gasteiger partial charge in [0.15, 0.2) is 0 Å². The minimum atomic E-state index is -4.37. The number of hydrogen-bond acceptors (Lipinski definition) is 3.